The average molecular weight is 158 g/mol. The second-order valence-electron chi connectivity index (χ2n) is 3.38. The zero-order valence-corrected chi connectivity index (χ0v) is 7.25. The van der Waals surface area contributed by atoms with Crippen LogP contribution in [0, 0.1) is 10.8 Å². The van der Waals surface area contributed by atoms with Gasteiger partial charge in [-0.2, -0.15) is 0 Å². The third-order valence-electron chi connectivity index (χ3n) is 2.46. The van der Waals surface area contributed by atoms with E-state index in [0.29, 0.717) is 0 Å². The summed E-state index contributed by atoms with van der Waals surface area (Å²) in [5.41, 5.74) is 0. The van der Waals surface area contributed by atoms with Crippen LogP contribution in [0.25, 0.3) is 0 Å². The predicted molar refractivity (Wildman–Crippen MR) is 42.1 cm³/mol. The SMILES string of the molecule is CO[N+](=O)C1CCC(C)CC1. The van der Waals surface area contributed by atoms with Crippen molar-refractivity contribution in [2.45, 2.75) is 38.6 Å². The molecule has 64 valence electrons. The lowest BCUT2D eigenvalue weighted by Gasteiger charge is -2.18. The minimum atomic E-state index is 0.108. The highest BCUT2D eigenvalue weighted by molar-refractivity contribution is 4.67. The topological polar surface area (TPSA) is 29.3 Å². The van der Waals surface area contributed by atoms with E-state index in [-0.39, 0.29) is 6.04 Å². The molecule has 0 spiro atoms. The van der Waals surface area contributed by atoms with Crippen molar-refractivity contribution in [3.63, 3.8) is 0 Å². The highest BCUT2D eigenvalue weighted by atomic mass is 16.8. The predicted octanol–water partition coefficient (Wildman–Crippen LogP) is 1.91. The molecule has 1 aliphatic rings. The van der Waals surface area contributed by atoms with E-state index >= 15 is 0 Å². The van der Waals surface area contributed by atoms with Crippen LogP contribution in [-0.4, -0.2) is 18.1 Å². The standard InChI is InChI=1S/C8H16NO2/c1-7-3-5-8(6-4-7)9(10)11-2/h7-8H,3-6H2,1-2H3/q+1. The normalized spacial score (nSPS) is 31.5. The first-order valence-electron chi connectivity index (χ1n) is 4.24. The Labute approximate surface area is 67.3 Å². The lowest BCUT2D eigenvalue weighted by molar-refractivity contribution is -0.821. The Morgan fingerprint density at radius 1 is 1.27 bits per heavy atom. The second kappa shape index (κ2) is 3.69. The quantitative estimate of drug-likeness (QED) is 0.574. The van der Waals surface area contributed by atoms with Gasteiger partial charge in [0.2, 0.25) is 4.92 Å². The molecule has 0 aromatic rings. The third kappa shape index (κ3) is 2.17. The van der Waals surface area contributed by atoms with Crippen molar-refractivity contribution in [2.75, 3.05) is 7.11 Å². The minimum absolute atomic E-state index is 0.108. The Morgan fingerprint density at radius 2 is 1.82 bits per heavy atom. The van der Waals surface area contributed by atoms with Gasteiger partial charge in [0.1, 0.15) is 0 Å². The fourth-order valence-electron chi connectivity index (χ4n) is 1.60. The largest absolute Gasteiger partial charge is 0.257 e. The summed E-state index contributed by atoms with van der Waals surface area (Å²) in [5.74, 6) is 0.788. The van der Waals surface area contributed by atoms with Gasteiger partial charge in [-0.1, -0.05) is 6.92 Å². The Bertz CT molecular complexity index is 139. The van der Waals surface area contributed by atoms with Gasteiger partial charge >= 0.3 is 0 Å². The summed E-state index contributed by atoms with van der Waals surface area (Å²) in [6.45, 7) is 2.23. The van der Waals surface area contributed by atoms with E-state index in [2.05, 4.69) is 11.8 Å². The molecule has 0 amide bonds. The van der Waals surface area contributed by atoms with E-state index in [1.807, 2.05) is 0 Å². The first-order valence-corrected chi connectivity index (χ1v) is 4.24. The van der Waals surface area contributed by atoms with Crippen molar-refractivity contribution < 1.29 is 9.76 Å². The van der Waals surface area contributed by atoms with E-state index in [4.69, 9.17) is 0 Å². The minimum Gasteiger partial charge on any atom is -0.235 e. The van der Waals surface area contributed by atoms with Gasteiger partial charge in [-0.3, -0.25) is 0 Å². The van der Waals surface area contributed by atoms with Gasteiger partial charge < -0.3 is 0 Å². The molecule has 0 aliphatic heterocycles. The van der Waals surface area contributed by atoms with Crippen molar-refractivity contribution >= 4 is 0 Å². The van der Waals surface area contributed by atoms with Crippen LogP contribution in [0.5, 0.6) is 0 Å². The summed E-state index contributed by atoms with van der Waals surface area (Å²) in [6.07, 6.45) is 4.29. The molecule has 1 rings (SSSR count). The van der Waals surface area contributed by atoms with Crippen LogP contribution in [0.1, 0.15) is 32.6 Å². The molecule has 1 saturated carbocycles. The Hall–Kier alpha value is -0.600. The van der Waals surface area contributed by atoms with E-state index in [1.54, 1.807) is 0 Å². The zero-order chi connectivity index (χ0) is 8.27. The van der Waals surface area contributed by atoms with Crippen molar-refractivity contribution in [2.24, 2.45) is 5.92 Å². The molecule has 0 atom stereocenters. The second-order valence-corrected chi connectivity index (χ2v) is 3.38. The molecule has 0 radical (unpaired) electrons. The summed E-state index contributed by atoms with van der Waals surface area (Å²) < 4.78 is 0. The van der Waals surface area contributed by atoms with E-state index in [9.17, 15) is 4.91 Å². The highest BCUT2D eigenvalue weighted by Gasteiger charge is 2.31. The molecule has 0 saturated heterocycles. The van der Waals surface area contributed by atoms with E-state index in [0.717, 1.165) is 36.5 Å². The summed E-state index contributed by atoms with van der Waals surface area (Å²) in [4.78, 5) is 16.3. The van der Waals surface area contributed by atoms with Crippen molar-refractivity contribution in [1.82, 2.24) is 0 Å². The zero-order valence-electron chi connectivity index (χ0n) is 7.25. The molecule has 0 bridgehead atoms. The molecule has 0 unspecified atom stereocenters. The summed E-state index contributed by atoms with van der Waals surface area (Å²) in [7, 11) is 1.44. The van der Waals surface area contributed by atoms with Crippen LogP contribution >= 0.6 is 0 Å². The van der Waals surface area contributed by atoms with Crippen molar-refractivity contribution in [1.29, 1.82) is 0 Å². The monoisotopic (exact) mass is 158 g/mol. The molecule has 1 aliphatic carbocycles. The van der Waals surface area contributed by atoms with Crippen LogP contribution in [0.2, 0.25) is 0 Å². The first-order chi connectivity index (χ1) is 5.24. The fourth-order valence-corrected chi connectivity index (χ4v) is 1.60. The molecule has 3 nitrogen and oxygen atoms in total. The van der Waals surface area contributed by atoms with Crippen LogP contribution in [0.15, 0.2) is 0 Å². The van der Waals surface area contributed by atoms with Crippen molar-refractivity contribution in [3.8, 4) is 0 Å². The number of hydrogen-bond acceptors (Lipinski definition) is 2. The van der Waals surface area contributed by atoms with E-state index in [1.165, 1.54) is 7.11 Å². The van der Waals surface area contributed by atoms with Crippen molar-refractivity contribution in [3.05, 3.63) is 4.91 Å². The lowest BCUT2D eigenvalue weighted by atomic mass is 9.88. The van der Waals surface area contributed by atoms with Crippen LogP contribution in [-0.2, 0) is 4.84 Å². The van der Waals surface area contributed by atoms with Crippen LogP contribution < -0.4 is 0 Å². The smallest absolute Gasteiger partial charge is 0.235 e. The molecular weight excluding hydrogens is 142 g/mol. The molecule has 3 heteroatoms. The molecule has 0 aromatic carbocycles. The number of hydrogen-bond donors (Lipinski definition) is 0. The van der Waals surface area contributed by atoms with Gasteiger partial charge in [0.15, 0.2) is 7.11 Å². The maximum atomic E-state index is 11.0. The number of rotatable bonds is 2. The van der Waals surface area contributed by atoms with Gasteiger partial charge in [0, 0.05) is 12.8 Å². The molecule has 0 heterocycles. The third-order valence-corrected chi connectivity index (χ3v) is 2.46. The van der Waals surface area contributed by atoms with Crippen LogP contribution in [0.4, 0.5) is 0 Å². The molecule has 11 heavy (non-hydrogen) atoms. The Balaban J connectivity index is 2.33. The maximum absolute atomic E-state index is 11.0. The lowest BCUT2D eigenvalue weighted by Crippen LogP contribution is -2.27. The fraction of sp³-hybridized carbons (Fsp3) is 1.00. The number of nitrogens with zero attached hydrogens (tertiary/aromatic N) is 1. The first kappa shape index (κ1) is 8.50. The maximum Gasteiger partial charge on any atom is 0.257 e. The van der Waals surface area contributed by atoms with Gasteiger partial charge in [0.05, 0.1) is 4.91 Å². The van der Waals surface area contributed by atoms with Gasteiger partial charge in [-0.15, -0.1) is 0 Å². The average Bonchev–Trinajstić information content (AvgIpc) is 2.05. The molecule has 0 N–H and O–H groups in total. The Kier molecular flexibility index (Phi) is 2.85. The van der Waals surface area contributed by atoms with Gasteiger partial charge in [-0.25, -0.2) is 4.84 Å². The van der Waals surface area contributed by atoms with E-state index < -0.39 is 0 Å². The molecule has 0 aromatic heterocycles. The summed E-state index contributed by atoms with van der Waals surface area (Å²) >= 11 is 0. The van der Waals surface area contributed by atoms with Crippen LogP contribution in [0.3, 0.4) is 0 Å². The Morgan fingerprint density at radius 3 is 2.27 bits per heavy atom. The summed E-state index contributed by atoms with van der Waals surface area (Å²) in [6, 6.07) is 0.108. The van der Waals surface area contributed by atoms with Gasteiger partial charge in [0.25, 0.3) is 6.04 Å². The molecule has 1 fully saturated rings. The van der Waals surface area contributed by atoms with Gasteiger partial charge in [-0.05, 0) is 18.8 Å². The highest BCUT2D eigenvalue weighted by Crippen LogP contribution is 2.25. The molecular formula is C8H16NO2+. The summed E-state index contributed by atoms with van der Waals surface area (Å²) in [5, 5.41) is 0.